The first-order valence-corrected chi connectivity index (χ1v) is 7.88. The van der Waals surface area contributed by atoms with E-state index in [1.807, 2.05) is 6.92 Å². The minimum absolute atomic E-state index is 0.0105. The standard InChI is InChI=1S/C15H24N2O5/c1-9-6-11(14(20)21)8-17(7-9)15(22)16-12-4-2-10(3-5-12)13(18)19/h9-12H,2-8H2,1H3,(H,16,22)(H,18,19)(H,20,21). The molecule has 0 spiro atoms. The minimum atomic E-state index is -0.855. The quantitative estimate of drug-likeness (QED) is 0.730. The van der Waals surface area contributed by atoms with Crippen LogP contribution in [0, 0.1) is 17.8 Å². The van der Waals surface area contributed by atoms with Crippen molar-refractivity contribution in [2.24, 2.45) is 17.8 Å². The van der Waals surface area contributed by atoms with Crippen LogP contribution in [-0.4, -0.2) is 52.2 Å². The van der Waals surface area contributed by atoms with Gasteiger partial charge in [0.1, 0.15) is 0 Å². The van der Waals surface area contributed by atoms with Gasteiger partial charge in [0, 0.05) is 19.1 Å². The van der Waals surface area contributed by atoms with Gasteiger partial charge in [0.25, 0.3) is 0 Å². The molecule has 0 radical (unpaired) electrons. The fourth-order valence-electron chi connectivity index (χ4n) is 3.45. The Morgan fingerprint density at radius 2 is 1.55 bits per heavy atom. The fourth-order valence-corrected chi connectivity index (χ4v) is 3.45. The summed E-state index contributed by atoms with van der Waals surface area (Å²) in [6, 6.07) is -0.236. The molecule has 124 valence electrons. The van der Waals surface area contributed by atoms with Crippen molar-refractivity contribution in [2.45, 2.75) is 45.1 Å². The Kier molecular flexibility index (Phi) is 5.26. The molecule has 1 heterocycles. The van der Waals surface area contributed by atoms with Crippen molar-refractivity contribution in [3.05, 3.63) is 0 Å². The number of carboxylic acid groups (broad SMARTS) is 2. The molecule has 0 aromatic heterocycles. The lowest BCUT2D eigenvalue weighted by atomic mass is 9.86. The highest BCUT2D eigenvalue weighted by atomic mass is 16.4. The van der Waals surface area contributed by atoms with Crippen LogP contribution in [0.3, 0.4) is 0 Å². The summed E-state index contributed by atoms with van der Waals surface area (Å²) in [5.74, 6) is -2.26. The predicted molar refractivity (Wildman–Crippen MR) is 78.4 cm³/mol. The van der Waals surface area contributed by atoms with Gasteiger partial charge < -0.3 is 20.4 Å². The Bertz CT molecular complexity index is 445. The van der Waals surface area contributed by atoms with Crippen LogP contribution in [0.15, 0.2) is 0 Å². The van der Waals surface area contributed by atoms with Crippen molar-refractivity contribution >= 4 is 18.0 Å². The average Bonchev–Trinajstić information content (AvgIpc) is 2.47. The molecule has 1 aliphatic heterocycles. The predicted octanol–water partition coefficient (Wildman–Crippen LogP) is 1.38. The SMILES string of the molecule is CC1CC(C(=O)O)CN(C(=O)NC2CCC(C(=O)O)CC2)C1. The maximum atomic E-state index is 12.3. The number of rotatable bonds is 3. The molecule has 7 heteroatoms. The van der Waals surface area contributed by atoms with Gasteiger partial charge in [-0.05, 0) is 38.0 Å². The fraction of sp³-hybridized carbons (Fsp3) is 0.800. The number of carbonyl (C=O) groups excluding carboxylic acids is 1. The molecular formula is C15H24N2O5. The molecule has 3 N–H and O–H groups in total. The summed E-state index contributed by atoms with van der Waals surface area (Å²) in [5.41, 5.74) is 0. The van der Waals surface area contributed by atoms with Gasteiger partial charge in [-0.15, -0.1) is 0 Å². The molecule has 1 saturated carbocycles. The molecule has 2 fully saturated rings. The molecule has 1 aliphatic carbocycles. The van der Waals surface area contributed by atoms with Crippen LogP contribution in [-0.2, 0) is 9.59 Å². The Hall–Kier alpha value is -1.79. The largest absolute Gasteiger partial charge is 0.481 e. The van der Waals surface area contributed by atoms with E-state index >= 15 is 0 Å². The molecule has 22 heavy (non-hydrogen) atoms. The topological polar surface area (TPSA) is 107 Å². The van der Waals surface area contributed by atoms with Crippen LogP contribution in [0.25, 0.3) is 0 Å². The van der Waals surface area contributed by atoms with E-state index in [4.69, 9.17) is 10.2 Å². The highest BCUT2D eigenvalue weighted by molar-refractivity contribution is 5.77. The number of carboxylic acids is 2. The Morgan fingerprint density at radius 1 is 0.955 bits per heavy atom. The molecule has 7 nitrogen and oxygen atoms in total. The molecule has 2 rings (SSSR count). The smallest absolute Gasteiger partial charge is 0.317 e. The van der Waals surface area contributed by atoms with Gasteiger partial charge in [-0.25, -0.2) is 4.79 Å². The second kappa shape index (κ2) is 6.98. The van der Waals surface area contributed by atoms with Gasteiger partial charge in [0.2, 0.25) is 0 Å². The number of nitrogens with one attached hydrogen (secondary N) is 1. The summed E-state index contributed by atoms with van der Waals surface area (Å²) in [4.78, 5) is 35.9. The van der Waals surface area contributed by atoms with Crippen molar-refractivity contribution in [1.29, 1.82) is 0 Å². The molecule has 0 bridgehead atoms. The van der Waals surface area contributed by atoms with Gasteiger partial charge >= 0.3 is 18.0 Å². The third-order valence-electron chi connectivity index (χ3n) is 4.70. The van der Waals surface area contributed by atoms with E-state index in [2.05, 4.69) is 5.32 Å². The highest BCUT2D eigenvalue weighted by Crippen LogP contribution is 2.25. The zero-order valence-corrected chi connectivity index (χ0v) is 12.8. The van der Waals surface area contributed by atoms with Crippen molar-refractivity contribution < 1.29 is 24.6 Å². The van der Waals surface area contributed by atoms with Crippen molar-refractivity contribution in [3.63, 3.8) is 0 Å². The minimum Gasteiger partial charge on any atom is -0.481 e. The van der Waals surface area contributed by atoms with Crippen molar-refractivity contribution in [2.75, 3.05) is 13.1 Å². The summed E-state index contributed by atoms with van der Waals surface area (Å²) in [7, 11) is 0. The molecular weight excluding hydrogens is 288 g/mol. The number of hydrogen-bond acceptors (Lipinski definition) is 3. The first kappa shape index (κ1) is 16.6. The number of piperidine rings is 1. The van der Waals surface area contributed by atoms with Crippen LogP contribution in [0.1, 0.15) is 39.0 Å². The first-order valence-electron chi connectivity index (χ1n) is 7.88. The van der Waals surface area contributed by atoms with Gasteiger partial charge in [-0.1, -0.05) is 6.92 Å². The molecule has 1 saturated heterocycles. The Balaban J connectivity index is 1.84. The Labute approximate surface area is 129 Å². The lowest BCUT2D eigenvalue weighted by molar-refractivity contribution is -0.144. The zero-order valence-electron chi connectivity index (χ0n) is 12.8. The summed E-state index contributed by atoms with van der Waals surface area (Å²) < 4.78 is 0. The lowest BCUT2D eigenvalue weighted by Gasteiger charge is -2.36. The maximum absolute atomic E-state index is 12.3. The molecule has 2 unspecified atom stereocenters. The summed E-state index contributed by atoms with van der Waals surface area (Å²) in [6.07, 6.45) is 3.08. The van der Waals surface area contributed by atoms with E-state index in [0.29, 0.717) is 38.6 Å². The molecule has 2 amide bonds. The third kappa shape index (κ3) is 4.11. The Morgan fingerprint density at radius 3 is 2.09 bits per heavy atom. The van der Waals surface area contributed by atoms with Crippen molar-refractivity contribution in [3.8, 4) is 0 Å². The average molecular weight is 312 g/mol. The van der Waals surface area contributed by atoms with Crippen molar-refractivity contribution in [1.82, 2.24) is 10.2 Å². The summed E-state index contributed by atoms with van der Waals surface area (Å²) >= 11 is 0. The molecule has 2 atom stereocenters. The maximum Gasteiger partial charge on any atom is 0.317 e. The van der Waals surface area contributed by atoms with Gasteiger partial charge in [0.15, 0.2) is 0 Å². The number of likely N-dealkylation sites (tertiary alicyclic amines) is 1. The number of amides is 2. The summed E-state index contributed by atoms with van der Waals surface area (Å²) in [6.45, 7) is 2.77. The monoisotopic (exact) mass is 312 g/mol. The lowest BCUT2D eigenvalue weighted by Crippen LogP contribution is -2.52. The molecule has 0 aromatic rings. The van der Waals surface area contributed by atoms with E-state index in [1.165, 1.54) is 0 Å². The second-order valence-corrected chi connectivity index (χ2v) is 6.62. The van der Waals surface area contributed by atoms with E-state index in [1.54, 1.807) is 4.90 Å². The van der Waals surface area contributed by atoms with E-state index < -0.39 is 17.9 Å². The highest BCUT2D eigenvalue weighted by Gasteiger charge is 2.33. The number of nitrogens with zero attached hydrogens (tertiary/aromatic N) is 1. The number of aliphatic carboxylic acids is 2. The van der Waals surface area contributed by atoms with Crippen LogP contribution >= 0.6 is 0 Å². The van der Waals surface area contributed by atoms with E-state index in [9.17, 15) is 14.4 Å². The number of hydrogen-bond donors (Lipinski definition) is 3. The first-order chi connectivity index (χ1) is 10.4. The van der Waals surface area contributed by atoms with Crippen LogP contribution < -0.4 is 5.32 Å². The molecule has 0 aromatic carbocycles. The van der Waals surface area contributed by atoms with Gasteiger partial charge in [0.05, 0.1) is 11.8 Å². The van der Waals surface area contributed by atoms with E-state index in [-0.39, 0.29) is 30.5 Å². The van der Waals surface area contributed by atoms with Crippen LogP contribution in [0.5, 0.6) is 0 Å². The van der Waals surface area contributed by atoms with Gasteiger partial charge in [-0.2, -0.15) is 0 Å². The van der Waals surface area contributed by atoms with Gasteiger partial charge in [-0.3, -0.25) is 9.59 Å². The summed E-state index contributed by atoms with van der Waals surface area (Å²) in [5, 5.41) is 21.0. The molecule has 2 aliphatic rings. The number of carbonyl (C=O) groups is 3. The second-order valence-electron chi connectivity index (χ2n) is 6.62. The normalized spacial score (nSPS) is 32.3. The van der Waals surface area contributed by atoms with Crippen LogP contribution in [0.4, 0.5) is 4.79 Å². The van der Waals surface area contributed by atoms with E-state index in [0.717, 1.165) is 0 Å². The zero-order chi connectivity index (χ0) is 16.3. The number of urea groups is 1. The third-order valence-corrected chi connectivity index (χ3v) is 4.70. The van der Waals surface area contributed by atoms with Crippen LogP contribution in [0.2, 0.25) is 0 Å².